The molecule has 0 radical (unpaired) electrons. The van der Waals surface area contributed by atoms with E-state index >= 15 is 0 Å². The van der Waals surface area contributed by atoms with E-state index in [1.54, 1.807) is 39.9 Å². The van der Waals surface area contributed by atoms with Gasteiger partial charge in [0.2, 0.25) is 0 Å². The number of hydrogen-bond acceptors (Lipinski definition) is 3. The molecule has 0 aliphatic carbocycles. The summed E-state index contributed by atoms with van der Waals surface area (Å²) >= 11 is 0. The van der Waals surface area contributed by atoms with Gasteiger partial charge in [-0.05, 0) is 6.92 Å². The van der Waals surface area contributed by atoms with Crippen LogP contribution in [-0.2, 0) is 0 Å². The fraction of sp³-hybridized carbons (Fsp3) is 0.700. The van der Waals surface area contributed by atoms with Crippen molar-refractivity contribution in [3.63, 3.8) is 0 Å². The van der Waals surface area contributed by atoms with Crippen LogP contribution >= 0.6 is 0 Å². The van der Waals surface area contributed by atoms with Gasteiger partial charge in [-0.15, -0.1) is 0 Å². The molecule has 0 atom stereocenters. The summed E-state index contributed by atoms with van der Waals surface area (Å²) < 4.78 is 0. The molecule has 104 valence electrons. The first kappa shape index (κ1) is 50.1. The van der Waals surface area contributed by atoms with Gasteiger partial charge in [-0.25, -0.2) is 0 Å². The number of aliphatic hydroxyl groups excluding tert-OH is 1. The molecule has 0 amide bonds. The minimum atomic E-state index is -0.927. The first-order chi connectivity index (χ1) is 4.83. The summed E-state index contributed by atoms with van der Waals surface area (Å²) in [7, 11) is 3.55. The Kier molecular flexibility index (Phi) is 92.6. The standard InChI is InChI=1S/C5H13NO2.C2H6O.3CH3.3U/c1-5(2,7)8-6(3)4;1-2-3;;;;;;/h7H,1-4H3;3H,2H2,1H3;3*1H3;;;/q;;3*-1;;;+2/p+1. The second-order valence-electron chi connectivity index (χ2n) is 2.76. The normalized spacial score (nSPS) is 7.06. The zero-order valence-electron chi connectivity index (χ0n) is 12.5. The van der Waals surface area contributed by atoms with Crippen molar-refractivity contribution in [3.05, 3.63) is 22.3 Å². The fourth-order valence-corrected chi connectivity index (χ4v) is 0.489. The number of hydrogen-bond donors (Lipinski definition) is 2. The molecule has 4 nitrogen and oxygen atoms in total. The predicted molar refractivity (Wildman–Crippen MR) is 64.2 cm³/mol. The van der Waals surface area contributed by atoms with Gasteiger partial charge in [0.1, 0.15) is 0 Å². The number of rotatable bonds is 2. The van der Waals surface area contributed by atoms with E-state index in [4.69, 9.17) is 10.2 Å². The van der Waals surface area contributed by atoms with E-state index in [-0.39, 0.29) is 122 Å². The van der Waals surface area contributed by atoms with Gasteiger partial charge in [-0.1, -0.05) is 5.06 Å². The Labute approximate surface area is 180 Å². The van der Waals surface area contributed by atoms with Crippen molar-refractivity contribution in [1.82, 2.24) is 5.06 Å². The molecular formula is C10H29NO3U3. The van der Waals surface area contributed by atoms with E-state index in [2.05, 4.69) is 4.84 Å². The molecule has 0 saturated heterocycles. The van der Waals surface area contributed by atoms with Crippen molar-refractivity contribution in [2.45, 2.75) is 26.6 Å². The predicted octanol–water partition coefficient (Wildman–Crippen LogP) is 1.07. The zero-order valence-corrected chi connectivity index (χ0v) is 25.0. The second kappa shape index (κ2) is 31.4. The largest absolute Gasteiger partial charge is 2.00 e. The van der Waals surface area contributed by atoms with Gasteiger partial charge in [0.05, 0.1) is 14.1 Å². The number of nitrogens with zero attached hydrogens (tertiary/aromatic N) is 1. The third-order valence-electron chi connectivity index (χ3n) is 0.445. The molecule has 0 aromatic heterocycles. The van der Waals surface area contributed by atoms with Crippen molar-refractivity contribution < 1.29 is 108 Å². The van der Waals surface area contributed by atoms with Crippen molar-refractivity contribution >= 4 is 0 Å². The average molecular weight is 925 g/mol. The molecule has 0 aromatic rings. The van der Waals surface area contributed by atoms with Crippen LogP contribution in [0.4, 0.5) is 0 Å². The zero-order chi connectivity index (χ0) is 9.49. The van der Waals surface area contributed by atoms with Gasteiger partial charge in [0.15, 0.2) is 0 Å². The molecule has 0 bridgehead atoms. The average Bonchev–Trinajstić information content (AvgIpc) is 1.57. The summed E-state index contributed by atoms with van der Waals surface area (Å²) in [6.45, 7) is 5.19. The third-order valence-corrected chi connectivity index (χ3v) is 0.445. The Morgan fingerprint density at radius 2 is 1.24 bits per heavy atom. The van der Waals surface area contributed by atoms with E-state index in [1.807, 2.05) is 0 Å². The molecule has 0 fully saturated rings. The van der Waals surface area contributed by atoms with Crippen LogP contribution in [0.25, 0.3) is 0 Å². The first-order valence-corrected chi connectivity index (χ1v) is 3.56. The van der Waals surface area contributed by atoms with Gasteiger partial charge in [0, 0.05) is 82.7 Å². The van der Waals surface area contributed by atoms with Gasteiger partial charge < -0.3 is 37.3 Å². The van der Waals surface area contributed by atoms with Gasteiger partial charge >= 0.3 is 31.1 Å². The van der Waals surface area contributed by atoms with Crippen LogP contribution in [0.2, 0.25) is 0 Å². The molecule has 7 heteroatoms. The molecule has 0 aromatic carbocycles. The summed E-state index contributed by atoms with van der Waals surface area (Å²) in [5.74, 6) is -0.927. The molecule has 0 aliphatic rings. The Hall–Kier alpha value is 3.00. The number of aliphatic hydroxyl groups is 3. The van der Waals surface area contributed by atoms with Gasteiger partial charge in [-0.2, -0.15) is 0 Å². The molecule has 0 heterocycles. The SMILES string of the molecule is CCO.CN(C)[OH+]C(C)(C)O.[CH3-].[CH3-].[CH3-].[U+2].[U].[U]. The molecule has 0 unspecified atom stereocenters. The Balaban J connectivity index is -0.0000000138. The van der Waals surface area contributed by atoms with Crippen LogP contribution in [0.3, 0.4) is 0 Å². The van der Waals surface area contributed by atoms with Crippen molar-refractivity contribution in [2.24, 2.45) is 0 Å². The maximum Gasteiger partial charge on any atom is 2.00 e. The Morgan fingerprint density at radius 3 is 1.24 bits per heavy atom. The van der Waals surface area contributed by atoms with E-state index in [1.165, 1.54) is 0 Å². The molecule has 0 saturated carbocycles. The minimum absolute atomic E-state index is 0. The van der Waals surface area contributed by atoms with Crippen LogP contribution < -0.4 is 0 Å². The Morgan fingerprint density at radius 1 is 1.06 bits per heavy atom. The summed E-state index contributed by atoms with van der Waals surface area (Å²) in [5, 5.41) is 18.1. The van der Waals surface area contributed by atoms with E-state index in [9.17, 15) is 0 Å². The summed E-state index contributed by atoms with van der Waals surface area (Å²) in [5.41, 5.74) is 0. The van der Waals surface area contributed by atoms with Crippen LogP contribution in [-0.4, -0.2) is 46.6 Å². The van der Waals surface area contributed by atoms with Crippen LogP contribution in [0.5, 0.6) is 0 Å². The topological polar surface area (TPSA) is 56.5 Å². The van der Waals surface area contributed by atoms with Crippen molar-refractivity contribution in [2.75, 3.05) is 20.7 Å². The maximum absolute atomic E-state index is 8.98. The fourth-order valence-electron chi connectivity index (χ4n) is 0.489. The van der Waals surface area contributed by atoms with Gasteiger partial charge in [0.25, 0.3) is 5.79 Å². The third kappa shape index (κ3) is 85.8. The molecule has 0 aliphatic heterocycles. The van der Waals surface area contributed by atoms with Crippen molar-refractivity contribution in [3.8, 4) is 0 Å². The van der Waals surface area contributed by atoms with E-state index in [0.29, 0.717) is 0 Å². The quantitative estimate of drug-likeness (QED) is 0.189. The van der Waals surface area contributed by atoms with E-state index < -0.39 is 5.79 Å². The molecule has 0 spiro atoms. The van der Waals surface area contributed by atoms with Crippen LogP contribution in [0, 0.1) is 116 Å². The summed E-state index contributed by atoms with van der Waals surface area (Å²) in [6.07, 6.45) is 0. The van der Waals surface area contributed by atoms with Crippen LogP contribution in [0.1, 0.15) is 20.8 Å². The first-order valence-electron chi connectivity index (χ1n) is 3.56. The second-order valence-corrected chi connectivity index (χ2v) is 2.76. The van der Waals surface area contributed by atoms with Crippen molar-refractivity contribution in [1.29, 1.82) is 0 Å². The summed E-state index contributed by atoms with van der Waals surface area (Å²) in [4.78, 5) is 3.80. The molecular weight excluding hydrogens is 896 g/mol. The monoisotopic (exact) mass is 925 g/mol. The smallest absolute Gasteiger partial charge is 0.397 e. The number of hydroxylamine groups is 2. The molecule has 3 N–H and O–H groups in total. The minimum Gasteiger partial charge on any atom is -0.397 e. The van der Waals surface area contributed by atoms with Gasteiger partial charge in [-0.3, -0.25) is 0 Å². The Bertz CT molecular complexity index is 91.4. The van der Waals surface area contributed by atoms with Crippen LogP contribution in [0.15, 0.2) is 0 Å². The maximum atomic E-state index is 8.98. The molecule has 17 heavy (non-hydrogen) atoms. The van der Waals surface area contributed by atoms with E-state index in [0.717, 1.165) is 0 Å². The summed E-state index contributed by atoms with van der Waals surface area (Å²) in [6, 6.07) is 0. The molecule has 0 rings (SSSR count).